The molecule has 2 rings (SSSR count). The number of fused-ring (bicyclic) bond motifs is 1. The minimum absolute atomic E-state index is 0.943. The minimum Gasteiger partial charge on any atom is -0.0654 e. The van der Waals surface area contributed by atoms with Crippen LogP contribution in [0.3, 0.4) is 0 Å². The van der Waals surface area contributed by atoms with E-state index in [9.17, 15) is 0 Å². The van der Waals surface area contributed by atoms with Crippen molar-refractivity contribution in [2.45, 2.75) is 64.7 Å². The fourth-order valence-electron chi connectivity index (χ4n) is 3.07. The van der Waals surface area contributed by atoms with E-state index in [0.717, 1.165) is 5.92 Å². The van der Waals surface area contributed by atoms with E-state index in [4.69, 9.17) is 0 Å². The molecule has 0 fully saturated rings. The van der Waals surface area contributed by atoms with E-state index in [1.54, 1.807) is 11.1 Å². The molecule has 1 aliphatic carbocycles. The van der Waals surface area contributed by atoms with Crippen LogP contribution in [0.25, 0.3) is 0 Å². The van der Waals surface area contributed by atoms with Crippen molar-refractivity contribution in [3.63, 3.8) is 0 Å². The van der Waals surface area contributed by atoms with E-state index in [1.807, 2.05) is 0 Å². The molecule has 0 heteroatoms. The van der Waals surface area contributed by atoms with Crippen LogP contribution < -0.4 is 0 Å². The van der Waals surface area contributed by atoms with Crippen LogP contribution in [0.2, 0.25) is 0 Å². The molecule has 0 saturated carbocycles. The van der Waals surface area contributed by atoms with Crippen LogP contribution >= 0.6 is 0 Å². The third-order valence-corrected chi connectivity index (χ3v) is 4.10. The molecule has 0 nitrogen and oxygen atoms in total. The van der Waals surface area contributed by atoms with Gasteiger partial charge in [-0.2, -0.15) is 0 Å². The summed E-state index contributed by atoms with van der Waals surface area (Å²) in [6.07, 6.45) is 12.7. The summed E-state index contributed by atoms with van der Waals surface area (Å²) in [5.41, 5.74) is 3.23. The zero-order valence-corrected chi connectivity index (χ0v) is 11.3. The summed E-state index contributed by atoms with van der Waals surface area (Å²) in [7, 11) is 0. The number of unbranched alkanes of at least 4 members (excludes halogenated alkanes) is 5. The van der Waals surface area contributed by atoms with Crippen LogP contribution in [0.4, 0.5) is 0 Å². The molecule has 0 amide bonds. The van der Waals surface area contributed by atoms with Gasteiger partial charge in [-0.1, -0.05) is 69.7 Å². The second-order valence-corrected chi connectivity index (χ2v) is 5.60. The van der Waals surface area contributed by atoms with Gasteiger partial charge in [0.15, 0.2) is 0 Å². The molecule has 1 aliphatic rings. The van der Waals surface area contributed by atoms with E-state index in [2.05, 4.69) is 31.2 Å². The molecule has 0 N–H and O–H groups in total. The van der Waals surface area contributed by atoms with Crippen LogP contribution in [0.1, 0.15) is 63.0 Å². The SMILES string of the molecule is CCCCCCCCC1Cc2ccccc2C1. The third kappa shape index (κ3) is 3.87. The molecule has 94 valence electrons. The van der Waals surface area contributed by atoms with Gasteiger partial charge < -0.3 is 0 Å². The fraction of sp³-hybridized carbons (Fsp3) is 0.647. The summed E-state index contributed by atoms with van der Waals surface area (Å²) < 4.78 is 0. The molecule has 0 bridgehead atoms. The number of rotatable bonds is 7. The molecule has 0 aliphatic heterocycles. The predicted octanol–water partition coefficient (Wildman–Crippen LogP) is 5.15. The van der Waals surface area contributed by atoms with Gasteiger partial charge in [0.05, 0.1) is 0 Å². The van der Waals surface area contributed by atoms with Gasteiger partial charge in [0.25, 0.3) is 0 Å². The van der Waals surface area contributed by atoms with E-state index >= 15 is 0 Å². The Morgan fingerprint density at radius 1 is 0.882 bits per heavy atom. The number of hydrogen-bond donors (Lipinski definition) is 0. The molecule has 0 unspecified atom stereocenters. The summed E-state index contributed by atoms with van der Waals surface area (Å²) in [5.74, 6) is 0.943. The lowest BCUT2D eigenvalue weighted by atomic mass is 9.98. The molecule has 0 spiro atoms. The number of hydrogen-bond acceptors (Lipinski definition) is 0. The molecule has 17 heavy (non-hydrogen) atoms. The maximum absolute atomic E-state index is 2.32. The fourth-order valence-corrected chi connectivity index (χ4v) is 3.07. The van der Waals surface area contributed by atoms with Crippen molar-refractivity contribution in [2.24, 2.45) is 5.92 Å². The molecule has 0 atom stereocenters. The van der Waals surface area contributed by atoms with Gasteiger partial charge in [-0.25, -0.2) is 0 Å². The first kappa shape index (κ1) is 12.7. The standard InChI is InChI=1S/C17H26/c1-2-3-4-5-6-7-10-15-13-16-11-8-9-12-17(16)14-15/h8-9,11-12,15H,2-7,10,13-14H2,1H3. The Balaban J connectivity index is 1.60. The van der Waals surface area contributed by atoms with Gasteiger partial charge in [0, 0.05) is 0 Å². The van der Waals surface area contributed by atoms with Crippen molar-refractivity contribution in [1.82, 2.24) is 0 Å². The van der Waals surface area contributed by atoms with Crippen molar-refractivity contribution in [2.75, 3.05) is 0 Å². The Kier molecular flexibility index (Phi) is 5.09. The first-order chi connectivity index (χ1) is 8.40. The highest BCUT2D eigenvalue weighted by atomic mass is 14.2. The van der Waals surface area contributed by atoms with Crippen molar-refractivity contribution in [3.05, 3.63) is 35.4 Å². The average Bonchev–Trinajstić information content (AvgIpc) is 2.76. The molecular formula is C17H26. The summed E-state index contributed by atoms with van der Waals surface area (Å²) in [4.78, 5) is 0. The van der Waals surface area contributed by atoms with Gasteiger partial charge in [-0.3, -0.25) is 0 Å². The zero-order valence-electron chi connectivity index (χ0n) is 11.3. The van der Waals surface area contributed by atoms with Crippen LogP contribution in [0.15, 0.2) is 24.3 Å². The highest BCUT2D eigenvalue weighted by Gasteiger charge is 2.19. The van der Waals surface area contributed by atoms with Gasteiger partial charge >= 0.3 is 0 Å². The van der Waals surface area contributed by atoms with Crippen molar-refractivity contribution in [1.29, 1.82) is 0 Å². The van der Waals surface area contributed by atoms with E-state index in [0.29, 0.717) is 0 Å². The maximum Gasteiger partial charge on any atom is -0.0244 e. The first-order valence-electron chi connectivity index (χ1n) is 7.47. The lowest BCUT2D eigenvalue weighted by Crippen LogP contribution is -1.99. The van der Waals surface area contributed by atoms with Crippen LogP contribution in [0, 0.1) is 5.92 Å². The highest BCUT2D eigenvalue weighted by molar-refractivity contribution is 5.31. The molecule has 0 saturated heterocycles. The van der Waals surface area contributed by atoms with E-state index < -0.39 is 0 Å². The third-order valence-electron chi connectivity index (χ3n) is 4.10. The Labute approximate surface area is 106 Å². The molecule has 0 radical (unpaired) electrons. The maximum atomic E-state index is 2.32. The summed E-state index contributed by atoms with van der Waals surface area (Å²) in [5, 5.41) is 0. The van der Waals surface area contributed by atoms with Crippen LogP contribution in [-0.2, 0) is 12.8 Å². The van der Waals surface area contributed by atoms with Crippen molar-refractivity contribution in [3.8, 4) is 0 Å². The highest BCUT2D eigenvalue weighted by Crippen LogP contribution is 2.29. The first-order valence-corrected chi connectivity index (χ1v) is 7.47. The quantitative estimate of drug-likeness (QED) is 0.568. The Bertz CT molecular complexity index is 302. The summed E-state index contributed by atoms with van der Waals surface area (Å²) in [6, 6.07) is 9.01. The zero-order chi connectivity index (χ0) is 11.9. The molecule has 0 aromatic heterocycles. The molecule has 0 heterocycles. The number of benzene rings is 1. The lowest BCUT2D eigenvalue weighted by molar-refractivity contribution is 0.469. The second kappa shape index (κ2) is 6.83. The van der Waals surface area contributed by atoms with Gasteiger partial charge in [0.1, 0.15) is 0 Å². The average molecular weight is 230 g/mol. The van der Waals surface area contributed by atoms with Crippen LogP contribution in [-0.4, -0.2) is 0 Å². The normalized spacial score (nSPS) is 15.1. The Hall–Kier alpha value is -0.780. The minimum atomic E-state index is 0.943. The largest absolute Gasteiger partial charge is 0.0654 e. The summed E-state index contributed by atoms with van der Waals surface area (Å²) in [6.45, 7) is 2.29. The summed E-state index contributed by atoms with van der Waals surface area (Å²) >= 11 is 0. The monoisotopic (exact) mass is 230 g/mol. The predicted molar refractivity (Wildman–Crippen MR) is 75.3 cm³/mol. The van der Waals surface area contributed by atoms with E-state index in [1.165, 1.54) is 57.8 Å². The molecular weight excluding hydrogens is 204 g/mol. The van der Waals surface area contributed by atoms with Crippen LogP contribution in [0.5, 0.6) is 0 Å². The van der Waals surface area contributed by atoms with Gasteiger partial charge in [-0.05, 0) is 36.3 Å². The Morgan fingerprint density at radius 2 is 1.47 bits per heavy atom. The van der Waals surface area contributed by atoms with E-state index in [-0.39, 0.29) is 0 Å². The molecule has 1 aromatic rings. The van der Waals surface area contributed by atoms with Crippen molar-refractivity contribution >= 4 is 0 Å². The van der Waals surface area contributed by atoms with Crippen molar-refractivity contribution < 1.29 is 0 Å². The molecule has 1 aromatic carbocycles. The Morgan fingerprint density at radius 3 is 2.12 bits per heavy atom. The van der Waals surface area contributed by atoms with Gasteiger partial charge in [0.2, 0.25) is 0 Å². The lowest BCUT2D eigenvalue weighted by Gasteiger charge is -2.08. The topological polar surface area (TPSA) is 0 Å². The second-order valence-electron chi connectivity index (χ2n) is 5.60. The van der Waals surface area contributed by atoms with Gasteiger partial charge in [-0.15, -0.1) is 0 Å². The smallest absolute Gasteiger partial charge is 0.0244 e.